The highest BCUT2D eigenvalue weighted by Crippen LogP contribution is 2.31. The van der Waals surface area contributed by atoms with Crippen LogP contribution in [0.25, 0.3) is 0 Å². The summed E-state index contributed by atoms with van der Waals surface area (Å²) in [6, 6.07) is 8.32. The number of rotatable bonds is 4. The molecule has 0 radical (unpaired) electrons. The second kappa shape index (κ2) is 4.31. The lowest BCUT2D eigenvalue weighted by Crippen LogP contribution is -2.42. The Balaban J connectivity index is 2.14. The lowest BCUT2D eigenvalue weighted by Gasteiger charge is -2.27. The first-order valence-corrected chi connectivity index (χ1v) is 5.31. The molecule has 0 heterocycles. The Kier molecular flexibility index (Phi) is 3.05. The zero-order valence-corrected chi connectivity index (χ0v) is 8.78. The van der Waals surface area contributed by atoms with E-state index >= 15 is 0 Å². The second-order valence-corrected chi connectivity index (χ2v) is 4.08. The van der Waals surface area contributed by atoms with Crippen molar-refractivity contribution in [2.75, 3.05) is 19.8 Å². The van der Waals surface area contributed by atoms with Crippen molar-refractivity contribution >= 4 is 0 Å². The van der Waals surface area contributed by atoms with Gasteiger partial charge in [0.1, 0.15) is 0 Å². The van der Waals surface area contributed by atoms with Gasteiger partial charge in [-0.3, -0.25) is 0 Å². The fourth-order valence-electron chi connectivity index (χ4n) is 2.23. The van der Waals surface area contributed by atoms with E-state index in [2.05, 4.69) is 12.1 Å². The van der Waals surface area contributed by atoms with Gasteiger partial charge < -0.3 is 15.6 Å². The molecule has 0 spiro atoms. The molecule has 1 aliphatic rings. The maximum absolute atomic E-state index is 8.79. The van der Waals surface area contributed by atoms with Gasteiger partial charge in [-0.1, -0.05) is 24.3 Å². The fourth-order valence-corrected chi connectivity index (χ4v) is 2.23. The molecule has 1 aromatic rings. The van der Waals surface area contributed by atoms with Gasteiger partial charge in [-0.2, -0.15) is 0 Å². The molecule has 0 saturated carbocycles. The highest BCUT2D eigenvalue weighted by molar-refractivity contribution is 5.35. The predicted molar refractivity (Wildman–Crippen MR) is 58.7 cm³/mol. The first-order chi connectivity index (χ1) is 7.29. The smallest absolute Gasteiger partial charge is 0.0885 e. The minimum atomic E-state index is -0.285. The molecule has 82 valence electrons. The van der Waals surface area contributed by atoms with Crippen LogP contribution in [0.5, 0.6) is 0 Å². The topological polar surface area (TPSA) is 55.5 Å². The van der Waals surface area contributed by atoms with Crippen LogP contribution in [0.4, 0.5) is 0 Å². The van der Waals surface area contributed by atoms with Crippen molar-refractivity contribution in [2.45, 2.75) is 18.4 Å². The molecule has 1 aliphatic carbocycles. The summed E-state index contributed by atoms with van der Waals surface area (Å²) in [5.41, 5.74) is 8.14. The summed E-state index contributed by atoms with van der Waals surface area (Å²) in [6.45, 7) is 0.922. The van der Waals surface area contributed by atoms with Crippen LogP contribution in [0.2, 0.25) is 0 Å². The molecule has 3 nitrogen and oxygen atoms in total. The molecule has 0 saturated heterocycles. The zero-order chi connectivity index (χ0) is 10.7. The summed E-state index contributed by atoms with van der Waals surface area (Å²) >= 11 is 0. The van der Waals surface area contributed by atoms with Crippen LogP contribution in [-0.4, -0.2) is 30.5 Å². The summed E-state index contributed by atoms with van der Waals surface area (Å²) in [5, 5.41) is 8.79. The lowest BCUT2D eigenvalue weighted by molar-refractivity contribution is -0.0448. The van der Waals surface area contributed by atoms with Gasteiger partial charge in [0.05, 0.1) is 18.8 Å². The molecular weight excluding hydrogens is 190 g/mol. The monoisotopic (exact) mass is 207 g/mol. The number of ether oxygens (including phenoxy) is 1. The minimum absolute atomic E-state index is 0.0537. The van der Waals surface area contributed by atoms with Crippen molar-refractivity contribution < 1.29 is 9.84 Å². The van der Waals surface area contributed by atoms with Crippen molar-refractivity contribution in [2.24, 2.45) is 5.73 Å². The normalized spacial score (nSPS) is 17.7. The molecular formula is C12H17NO2. The Bertz CT molecular complexity index is 313. The molecule has 0 atom stereocenters. The van der Waals surface area contributed by atoms with Gasteiger partial charge in [-0.15, -0.1) is 0 Å². The van der Waals surface area contributed by atoms with Crippen molar-refractivity contribution in [1.82, 2.24) is 0 Å². The van der Waals surface area contributed by atoms with Crippen molar-refractivity contribution in [1.29, 1.82) is 0 Å². The number of benzene rings is 1. The molecule has 0 amide bonds. The highest BCUT2D eigenvalue weighted by Gasteiger charge is 2.36. The van der Waals surface area contributed by atoms with Crippen molar-refractivity contribution in [3.05, 3.63) is 35.4 Å². The number of fused-ring (bicyclic) bond motifs is 1. The average Bonchev–Trinajstić information content (AvgIpc) is 2.65. The third kappa shape index (κ3) is 2.04. The molecule has 15 heavy (non-hydrogen) atoms. The molecule has 0 unspecified atom stereocenters. The van der Waals surface area contributed by atoms with E-state index in [4.69, 9.17) is 15.6 Å². The molecule has 0 aliphatic heterocycles. The van der Waals surface area contributed by atoms with E-state index < -0.39 is 0 Å². The van der Waals surface area contributed by atoms with E-state index in [0.29, 0.717) is 13.2 Å². The third-order valence-electron chi connectivity index (χ3n) is 3.02. The van der Waals surface area contributed by atoms with E-state index in [-0.39, 0.29) is 12.2 Å². The van der Waals surface area contributed by atoms with E-state index in [9.17, 15) is 0 Å². The van der Waals surface area contributed by atoms with E-state index in [1.807, 2.05) is 12.1 Å². The maximum Gasteiger partial charge on any atom is 0.0885 e. The number of aliphatic hydroxyl groups is 1. The van der Waals surface area contributed by atoms with Crippen LogP contribution < -0.4 is 5.73 Å². The lowest BCUT2D eigenvalue weighted by atomic mass is 10.0. The quantitative estimate of drug-likeness (QED) is 0.755. The number of nitrogens with two attached hydrogens (primary N) is 1. The Morgan fingerprint density at radius 2 is 1.87 bits per heavy atom. The largest absolute Gasteiger partial charge is 0.394 e. The van der Waals surface area contributed by atoms with Gasteiger partial charge in [0, 0.05) is 19.4 Å². The standard InChI is InChI=1S/C12H17NO2/c13-9-12(15-6-5-14)7-10-3-1-2-4-11(10)8-12/h1-4,14H,5-9,13H2. The SMILES string of the molecule is NCC1(OCCO)Cc2ccccc2C1. The molecule has 1 aromatic carbocycles. The van der Waals surface area contributed by atoms with E-state index in [1.165, 1.54) is 11.1 Å². The van der Waals surface area contributed by atoms with Crippen LogP contribution in [0.3, 0.4) is 0 Å². The minimum Gasteiger partial charge on any atom is -0.394 e. The molecule has 2 rings (SSSR count). The fraction of sp³-hybridized carbons (Fsp3) is 0.500. The molecule has 3 heteroatoms. The molecule has 3 N–H and O–H groups in total. The summed E-state index contributed by atoms with van der Waals surface area (Å²) < 4.78 is 5.70. The van der Waals surface area contributed by atoms with Gasteiger partial charge in [-0.05, 0) is 11.1 Å². The maximum atomic E-state index is 8.79. The van der Waals surface area contributed by atoms with Crippen LogP contribution >= 0.6 is 0 Å². The summed E-state index contributed by atoms with van der Waals surface area (Å²) in [4.78, 5) is 0. The van der Waals surface area contributed by atoms with Crippen molar-refractivity contribution in [3.8, 4) is 0 Å². The summed E-state index contributed by atoms with van der Waals surface area (Å²) in [6.07, 6.45) is 1.72. The van der Waals surface area contributed by atoms with Gasteiger partial charge in [0.15, 0.2) is 0 Å². The highest BCUT2D eigenvalue weighted by atomic mass is 16.5. The van der Waals surface area contributed by atoms with Crippen LogP contribution in [0.1, 0.15) is 11.1 Å². The van der Waals surface area contributed by atoms with Gasteiger partial charge in [0.2, 0.25) is 0 Å². The Labute approximate surface area is 89.9 Å². The van der Waals surface area contributed by atoms with Gasteiger partial charge in [0.25, 0.3) is 0 Å². The second-order valence-electron chi connectivity index (χ2n) is 4.08. The first-order valence-electron chi connectivity index (χ1n) is 5.31. The number of hydrogen-bond acceptors (Lipinski definition) is 3. The average molecular weight is 207 g/mol. The Morgan fingerprint density at radius 3 is 2.33 bits per heavy atom. The summed E-state index contributed by atoms with van der Waals surface area (Å²) in [7, 11) is 0. The molecule has 0 bridgehead atoms. The van der Waals surface area contributed by atoms with Crippen LogP contribution in [0.15, 0.2) is 24.3 Å². The number of aliphatic hydroxyl groups excluding tert-OH is 1. The molecule has 0 aromatic heterocycles. The Morgan fingerprint density at radius 1 is 1.27 bits per heavy atom. The van der Waals surface area contributed by atoms with Gasteiger partial charge in [-0.25, -0.2) is 0 Å². The number of hydrogen-bond donors (Lipinski definition) is 2. The Hall–Kier alpha value is -0.900. The van der Waals surface area contributed by atoms with Gasteiger partial charge >= 0.3 is 0 Å². The zero-order valence-electron chi connectivity index (χ0n) is 8.78. The van der Waals surface area contributed by atoms with E-state index in [1.54, 1.807) is 0 Å². The predicted octanol–water partition coefficient (Wildman–Crippen LogP) is 0.492. The van der Waals surface area contributed by atoms with Crippen molar-refractivity contribution in [3.63, 3.8) is 0 Å². The molecule has 0 fully saturated rings. The first kappa shape index (κ1) is 10.6. The van der Waals surface area contributed by atoms with Crippen LogP contribution in [0, 0.1) is 0 Å². The van der Waals surface area contributed by atoms with E-state index in [0.717, 1.165) is 12.8 Å². The van der Waals surface area contributed by atoms with Crippen LogP contribution in [-0.2, 0) is 17.6 Å². The third-order valence-corrected chi connectivity index (χ3v) is 3.02. The summed E-state index contributed by atoms with van der Waals surface area (Å²) in [5.74, 6) is 0.